The van der Waals surface area contributed by atoms with Gasteiger partial charge in [-0.05, 0) is 82.3 Å². The highest BCUT2D eigenvalue weighted by Gasteiger charge is 2.28. The number of nitrogens with two attached hydrogens (primary N) is 1. The normalized spacial score (nSPS) is 15.8. The maximum absolute atomic E-state index is 12.9. The number of fused-ring (bicyclic) bond motifs is 2. The van der Waals surface area contributed by atoms with Gasteiger partial charge in [0.1, 0.15) is 11.8 Å². The van der Waals surface area contributed by atoms with Crippen LogP contribution < -0.4 is 5.73 Å². The number of piperidine rings is 1. The summed E-state index contributed by atoms with van der Waals surface area (Å²) in [4.78, 5) is 21.7. The number of benzene rings is 2. The summed E-state index contributed by atoms with van der Waals surface area (Å²) in [5.74, 6) is 0.927. The van der Waals surface area contributed by atoms with Crippen molar-refractivity contribution in [3.05, 3.63) is 78.4 Å². The summed E-state index contributed by atoms with van der Waals surface area (Å²) in [7, 11) is 0. The molecule has 3 aromatic heterocycles. The number of aromatic nitrogens is 5. The van der Waals surface area contributed by atoms with Gasteiger partial charge in [-0.25, -0.2) is 9.50 Å². The van der Waals surface area contributed by atoms with Gasteiger partial charge in [0.25, 0.3) is 0 Å². The van der Waals surface area contributed by atoms with Crippen molar-refractivity contribution in [2.75, 3.05) is 38.5 Å². The van der Waals surface area contributed by atoms with Crippen LogP contribution in [0.2, 0.25) is 0 Å². The second-order valence-electron chi connectivity index (χ2n) is 11.6. The quantitative estimate of drug-likeness (QED) is 0.214. The molecule has 6 rings (SSSR count). The van der Waals surface area contributed by atoms with Gasteiger partial charge in [-0.1, -0.05) is 42.5 Å². The Labute approximate surface area is 253 Å². The molecule has 0 radical (unpaired) electrons. The van der Waals surface area contributed by atoms with E-state index in [-0.39, 0.29) is 5.92 Å². The molecule has 1 atom stereocenters. The number of carbonyl (C=O) groups excluding carboxylic acids is 1. The lowest BCUT2D eigenvalue weighted by Crippen LogP contribution is -2.45. The maximum Gasteiger partial charge on any atom is 0.226 e. The van der Waals surface area contributed by atoms with Gasteiger partial charge >= 0.3 is 0 Å². The molecule has 5 aromatic rings. The molecule has 0 aliphatic carbocycles. The Morgan fingerprint density at radius 1 is 1.07 bits per heavy atom. The van der Waals surface area contributed by atoms with Crippen LogP contribution in [0.3, 0.4) is 0 Å². The first-order valence-electron chi connectivity index (χ1n) is 15.7. The SMILES string of the molecule is CCN(CC)C(=O)C1CCCN(CCCCc2cc(-c3ccc4cn(Cc5ccccc5)nc4c3)c3c(N)ncnn23)C1. The zero-order valence-corrected chi connectivity index (χ0v) is 25.3. The zero-order valence-electron chi connectivity index (χ0n) is 25.3. The molecule has 9 heteroatoms. The number of unbranched alkanes of at least 4 members (excludes halogenated alkanes) is 1. The fraction of sp³-hybridized carbons (Fsp3) is 0.412. The Bertz CT molecular complexity index is 1690. The first-order chi connectivity index (χ1) is 21.0. The molecule has 9 nitrogen and oxygen atoms in total. The minimum Gasteiger partial charge on any atom is -0.382 e. The van der Waals surface area contributed by atoms with Gasteiger partial charge in [0.2, 0.25) is 5.91 Å². The molecule has 224 valence electrons. The second kappa shape index (κ2) is 13.0. The fourth-order valence-electron chi connectivity index (χ4n) is 6.51. The van der Waals surface area contributed by atoms with Crippen molar-refractivity contribution >= 4 is 28.1 Å². The molecule has 2 aromatic carbocycles. The van der Waals surface area contributed by atoms with Crippen LogP contribution >= 0.6 is 0 Å². The van der Waals surface area contributed by atoms with Gasteiger partial charge in [-0.2, -0.15) is 10.2 Å². The van der Waals surface area contributed by atoms with Crippen LogP contribution in [0.4, 0.5) is 5.82 Å². The van der Waals surface area contributed by atoms with Crippen LogP contribution in [0.15, 0.2) is 67.1 Å². The number of anilines is 1. The fourth-order valence-corrected chi connectivity index (χ4v) is 6.51. The first kappa shape index (κ1) is 28.9. The summed E-state index contributed by atoms with van der Waals surface area (Å²) in [6.07, 6.45) is 8.72. The number of rotatable bonds is 11. The lowest BCUT2D eigenvalue weighted by Gasteiger charge is -2.34. The van der Waals surface area contributed by atoms with Gasteiger partial charge < -0.3 is 15.5 Å². The largest absolute Gasteiger partial charge is 0.382 e. The van der Waals surface area contributed by atoms with Crippen molar-refractivity contribution in [3.63, 3.8) is 0 Å². The Balaban J connectivity index is 1.14. The summed E-state index contributed by atoms with van der Waals surface area (Å²) in [6, 6.07) is 19.0. The summed E-state index contributed by atoms with van der Waals surface area (Å²) in [5, 5.41) is 10.6. The highest BCUT2D eigenvalue weighted by atomic mass is 16.2. The smallest absolute Gasteiger partial charge is 0.226 e. The summed E-state index contributed by atoms with van der Waals surface area (Å²) in [6.45, 7) is 9.41. The molecule has 43 heavy (non-hydrogen) atoms. The molecule has 1 aliphatic heterocycles. The number of likely N-dealkylation sites (tertiary alicyclic amines) is 1. The number of hydrogen-bond donors (Lipinski definition) is 1. The minimum absolute atomic E-state index is 0.132. The standard InChI is InChI=1S/C34H42N8O/c1-3-40(4-2)34(43)28-13-10-18-39(22-28)17-9-8-14-29-20-30(32-33(35)36-24-37-42(29)32)26-15-16-27-23-41(38-31(27)19-26)21-25-11-6-5-7-12-25/h5-7,11-12,15-16,19-20,23-24,28H,3-4,8-10,13-14,17-18,21-22H2,1-2H3,(H2,35,36,37). The van der Waals surface area contributed by atoms with E-state index in [9.17, 15) is 4.79 Å². The van der Waals surface area contributed by atoms with E-state index >= 15 is 0 Å². The molecule has 1 aliphatic rings. The van der Waals surface area contributed by atoms with E-state index in [2.05, 4.69) is 83.6 Å². The highest BCUT2D eigenvalue weighted by Crippen LogP contribution is 2.32. The number of amides is 1. The van der Waals surface area contributed by atoms with Crippen molar-refractivity contribution in [3.8, 4) is 11.1 Å². The van der Waals surface area contributed by atoms with Crippen molar-refractivity contribution < 1.29 is 4.79 Å². The number of aryl methyl sites for hydroxylation is 1. The summed E-state index contributed by atoms with van der Waals surface area (Å²) in [5.41, 5.74) is 12.6. The zero-order chi connectivity index (χ0) is 29.8. The van der Waals surface area contributed by atoms with Gasteiger partial charge in [0.15, 0.2) is 5.82 Å². The van der Waals surface area contributed by atoms with Gasteiger partial charge in [0, 0.05) is 42.5 Å². The Hall–Kier alpha value is -4.24. The van der Waals surface area contributed by atoms with Gasteiger partial charge in [0.05, 0.1) is 18.0 Å². The average Bonchev–Trinajstić information content (AvgIpc) is 3.61. The average molecular weight is 579 g/mol. The number of nitrogens with zero attached hydrogens (tertiary/aromatic N) is 7. The van der Waals surface area contributed by atoms with E-state index in [0.29, 0.717) is 11.7 Å². The van der Waals surface area contributed by atoms with Crippen LogP contribution in [-0.4, -0.2) is 72.8 Å². The van der Waals surface area contributed by atoms with Gasteiger partial charge in [-0.15, -0.1) is 0 Å². The van der Waals surface area contributed by atoms with Crippen LogP contribution in [0, 0.1) is 5.92 Å². The molecule has 4 heterocycles. The molecule has 1 saturated heterocycles. The lowest BCUT2D eigenvalue weighted by atomic mass is 9.96. The van der Waals surface area contributed by atoms with Crippen molar-refractivity contribution in [2.45, 2.75) is 52.5 Å². The van der Waals surface area contributed by atoms with Crippen molar-refractivity contribution in [1.29, 1.82) is 0 Å². The van der Waals surface area contributed by atoms with E-state index in [1.807, 2.05) is 20.2 Å². The highest BCUT2D eigenvalue weighted by molar-refractivity contribution is 5.92. The lowest BCUT2D eigenvalue weighted by molar-refractivity contribution is -0.137. The van der Waals surface area contributed by atoms with E-state index in [1.54, 1.807) is 0 Å². The third kappa shape index (κ3) is 6.27. The topological polar surface area (TPSA) is 97.6 Å². The monoisotopic (exact) mass is 578 g/mol. The van der Waals surface area contributed by atoms with E-state index < -0.39 is 0 Å². The second-order valence-corrected chi connectivity index (χ2v) is 11.6. The van der Waals surface area contributed by atoms with Crippen LogP contribution in [0.25, 0.3) is 27.5 Å². The molecule has 0 spiro atoms. The summed E-state index contributed by atoms with van der Waals surface area (Å²) < 4.78 is 3.95. The molecule has 1 fully saturated rings. The van der Waals surface area contributed by atoms with Crippen molar-refractivity contribution in [2.24, 2.45) is 5.92 Å². The Morgan fingerprint density at radius 2 is 1.91 bits per heavy atom. The molecule has 2 N–H and O–H groups in total. The predicted octanol–water partition coefficient (Wildman–Crippen LogP) is 5.28. The number of nitrogen functional groups attached to an aromatic ring is 1. The molecule has 0 bridgehead atoms. The summed E-state index contributed by atoms with van der Waals surface area (Å²) >= 11 is 0. The first-order valence-corrected chi connectivity index (χ1v) is 15.7. The molecule has 0 saturated carbocycles. The third-order valence-corrected chi connectivity index (χ3v) is 8.80. The molecule has 1 unspecified atom stereocenters. The number of hydrogen-bond acceptors (Lipinski definition) is 6. The van der Waals surface area contributed by atoms with E-state index in [4.69, 9.17) is 10.8 Å². The minimum atomic E-state index is 0.132. The van der Waals surface area contributed by atoms with Crippen LogP contribution in [0.5, 0.6) is 0 Å². The third-order valence-electron chi connectivity index (χ3n) is 8.80. The predicted molar refractivity (Wildman–Crippen MR) is 172 cm³/mol. The molecule has 1 amide bonds. The van der Waals surface area contributed by atoms with Crippen LogP contribution in [-0.2, 0) is 17.8 Å². The maximum atomic E-state index is 12.9. The van der Waals surface area contributed by atoms with Crippen molar-refractivity contribution in [1.82, 2.24) is 34.2 Å². The Morgan fingerprint density at radius 3 is 2.72 bits per heavy atom. The molecular formula is C34H42N8O. The number of carbonyl (C=O) groups is 1. The van der Waals surface area contributed by atoms with Crippen LogP contribution in [0.1, 0.15) is 50.8 Å². The van der Waals surface area contributed by atoms with E-state index in [1.165, 1.54) is 11.9 Å². The van der Waals surface area contributed by atoms with Gasteiger partial charge in [-0.3, -0.25) is 9.48 Å². The molecular weight excluding hydrogens is 536 g/mol. The Kier molecular flexibility index (Phi) is 8.69. The van der Waals surface area contributed by atoms with E-state index in [0.717, 1.165) is 105 Å².